The van der Waals surface area contributed by atoms with E-state index in [0.717, 1.165) is 52.4 Å². The number of carbonyl (C=O) groups is 3. The molecule has 0 radical (unpaired) electrons. The fourth-order valence-electron chi connectivity index (χ4n) is 3.84. The van der Waals surface area contributed by atoms with Crippen molar-refractivity contribution in [2.45, 2.75) is 32.3 Å². The maximum atomic E-state index is 13.0. The molecule has 0 unspecified atom stereocenters. The van der Waals surface area contributed by atoms with E-state index in [1.807, 2.05) is 24.3 Å². The minimum atomic E-state index is -0.457. The molecule has 0 atom stereocenters. The van der Waals surface area contributed by atoms with Crippen LogP contribution >= 0.6 is 39.3 Å². The molecule has 2 heterocycles. The molecular formula is C25H24BrClN2O4S. The molecule has 178 valence electrons. The number of rotatable bonds is 6. The van der Waals surface area contributed by atoms with Gasteiger partial charge in [0.25, 0.3) is 11.1 Å². The SMILES string of the molecule is O=C(CN1C(=O)SC(=Cc2cc(Br)ccc2OCc2ccc(Cl)cc2)C1=O)N1CCCCCC1. The number of imide groups is 1. The number of thioether (sulfide) groups is 1. The van der Waals surface area contributed by atoms with Crippen LogP contribution < -0.4 is 4.74 Å². The Morgan fingerprint density at radius 1 is 1.06 bits per heavy atom. The summed E-state index contributed by atoms with van der Waals surface area (Å²) in [7, 11) is 0. The average Bonchev–Trinajstić information content (AvgIpc) is 3.01. The van der Waals surface area contributed by atoms with Crippen LogP contribution in [0, 0.1) is 0 Å². The second-order valence-electron chi connectivity index (χ2n) is 8.16. The number of amides is 3. The maximum Gasteiger partial charge on any atom is 0.294 e. The first-order chi connectivity index (χ1) is 16.4. The Morgan fingerprint density at radius 2 is 1.76 bits per heavy atom. The zero-order valence-corrected chi connectivity index (χ0v) is 21.6. The van der Waals surface area contributed by atoms with Crippen LogP contribution in [0.25, 0.3) is 6.08 Å². The van der Waals surface area contributed by atoms with Gasteiger partial charge in [-0.25, -0.2) is 0 Å². The number of likely N-dealkylation sites (tertiary alicyclic amines) is 1. The summed E-state index contributed by atoms with van der Waals surface area (Å²) in [6.45, 7) is 1.46. The lowest BCUT2D eigenvalue weighted by molar-refractivity contribution is -0.135. The second kappa shape index (κ2) is 11.4. The summed E-state index contributed by atoms with van der Waals surface area (Å²) in [6, 6.07) is 12.8. The van der Waals surface area contributed by atoms with Crippen LogP contribution in [0.5, 0.6) is 5.75 Å². The first-order valence-electron chi connectivity index (χ1n) is 11.1. The van der Waals surface area contributed by atoms with E-state index in [1.54, 1.807) is 29.2 Å². The van der Waals surface area contributed by atoms with Gasteiger partial charge in [0.1, 0.15) is 18.9 Å². The van der Waals surface area contributed by atoms with Crippen LogP contribution in [0.2, 0.25) is 5.02 Å². The minimum Gasteiger partial charge on any atom is -0.488 e. The van der Waals surface area contributed by atoms with Gasteiger partial charge in [-0.2, -0.15) is 0 Å². The van der Waals surface area contributed by atoms with Gasteiger partial charge in [-0.05, 0) is 66.6 Å². The van der Waals surface area contributed by atoms with Crippen molar-refractivity contribution in [1.29, 1.82) is 0 Å². The molecule has 0 aliphatic carbocycles. The quantitative estimate of drug-likeness (QED) is 0.396. The van der Waals surface area contributed by atoms with Crippen LogP contribution in [0.3, 0.4) is 0 Å². The Hall–Kier alpha value is -2.29. The highest BCUT2D eigenvalue weighted by Crippen LogP contribution is 2.35. The largest absolute Gasteiger partial charge is 0.488 e. The van der Waals surface area contributed by atoms with E-state index in [9.17, 15) is 14.4 Å². The number of nitrogens with zero attached hydrogens (tertiary/aromatic N) is 2. The maximum absolute atomic E-state index is 13.0. The van der Waals surface area contributed by atoms with Crippen LogP contribution in [-0.4, -0.2) is 46.5 Å². The third-order valence-corrected chi connectivity index (χ3v) is 7.34. The fourth-order valence-corrected chi connectivity index (χ4v) is 5.17. The number of ether oxygens (including phenoxy) is 1. The summed E-state index contributed by atoms with van der Waals surface area (Å²) in [6.07, 6.45) is 5.75. The number of hydrogen-bond acceptors (Lipinski definition) is 5. The van der Waals surface area contributed by atoms with Gasteiger partial charge in [0.2, 0.25) is 5.91 Å². The van der Waals surface area contributed by atoms with Gasteiger partial charge in [-0.15, -0.1) is 0 Å². The number of carbonyl (C=O) groups excluding carboxylic acids is 3. The van der Waals surface area contributed by atoms with Crippen molar-refractivity contribution < 1.29 is 19.1 Å². The highest BCUT2D eigenvalue weighted by Gasteiger charge is 2.37. The topological polar surface area (TPSA) is 66.9 Å². The molecule has 0 saturated carbocycles. The fraction of sp³-hybridized carbons (Fsp3) is 0.320. The molecular weight excluding hydrogens is 540 g/mol. The predicted octanol–water partition coefficient (Wildman–Crippen LogP) is 6.12. The van der Waals surface area contributed by atoms with Gasteiger partial charge < -0.3 is 9.64 Å². The molecule has 2 saturated heterocycles. The van der Waals surface area contributed by atoms with Gasteiger partial charge in [0.05, 0.1) is 4.91 Å². The summed E-state index contributed by atoms with van der Waals surface area (Å²) in [4.78, 5) is 41.3. The molecule has 3 amide bonds. The number of benzene rings is 2. The van der Waals surface area contributed by atoms with E-state index in [1.165, 1.54) is 0 Å². The zero-order chi connectivity index (χ0) is 24.1. The van der Waals surface area contributed by atoms with Crippen molar-refractivity contribution in [3.8, 4) is 5.75 Å². The normalized spacial score (nSPS) is 17.9. The van der Waals surface area contributed by atoms with Crippen molar-refractivity contribution in [2.24, 2.45) is 0 Å². The van der Waals surface area contributed by atoms with Crippen molar-refractivity contribution in [2.75, 3.05) is 19.6 Å². The third kappa shape index (κ3) is 6.23. The van der Waals surface area contributed by atoms with E-state index in [-0.39, 0.29) is 17.4 Å². The molecule has 6 nitrogen and oxygen atoms in total. The predicted molar refractivity (Wildman–Crippen MR) is 138 cm³/mol. The highest BCUT2D eigenvalue weighted by molar-refractivity contribution is 9.10. The zero-order valence-electron chi connectivity index (χ0n) is 18.5. The first-order valence-corrected chi connectivity index (χ1v) is 13.1. The van der Waals surface area contributed by atoms with Crippen molar-refractivity contribution in [3.05, 3.63) is 68.0 Å². The van der Waals surface area contributed by atoms with Gasteiger partial charge in [-0.1, -0.05) is 52.5 Å². The monoisotopic (exact) mass is 562 g/mol. The standard InChI is InChI=1S/C25H24BrClN2O4S/c26-19-7-10-21(33-16-17-5-8-20(27)9-6-17)18(13-19)14-22-24(31)29(25(32)34-22)15-23(30)28-11-3-1-2-4-12-28/h5-10,13-14H,1-4,11-12,15-16H2. The Kier molecular flexibility index (Phi) is 8.34. The summed E-state index contributed by atoms with van der Waals surface area (Å²) in [5, 5.41) is 0.219. The smallest absolute Gasteiger partial charge is 0.294 e. The molecule has 0 bridgehead atoms. The number of hydrogen-bond donors (Lipinski definition) is 0. The molecule has 2 aromatic rings. The van der Waals surface area contributed by atoms with Gasteiger partial charge in [-0.3, -0.25) is 19.3 Å². The van der Waals surface area contributed by atoms with Gasteiger partial charge in [0, 0.05) is 28.1 Å². The average molecular weight is 564 g/mol. The molecule has 0 aromatic heterocycles. The van der Waals surface area contributed by atoms with Gasteiger partial charge >= 0.3 is 0 Å². The molecule has 0 spiro atoms. The summed E-state index contributed by atoms with van der Waals surface area (Å²) < 4.78 is 6.80. The lowest BCUT2D eigenvalue weighted by Crippen LogP contribution is -2.42. The summed E-state index contributed by atoms with van der Waals surface area (Å²) in [5.74, 6) is -0.0627. The van der Waals surface area contributed by atoms with E-state index >= 15 is 0 Å². The Morgan fingerprint density at radius 3 is 2.47 bits per heavy atom. The minimum absolute atomic E-state index is 0.181. The Balaban J connectivity index is 1.48. The van der Waals surface area contributed by atoms with E-state index in [4.69, 9.17) is 16.3 Å². The molecule has 2 aliphatic rings. The summed E-state index contributed by atoms with van der Waals surface area (Å²) >= 11 is 10.2. The number of halogens is 2. The van der Waals surface area contributed by atoms with Crippen molar-refractivity contribution >= 4 is 62.4 Å². The van der Waals surface area contributed by atoms with Crippen molar-refractivity contribution in [1.82, 2.24) is 9.80 Å². The molecule has 2 fully saturated rings. The van der Waals surface area contributed by atoms with Crippen LogP contribution in [-0.2, 0) is 16.2 Å². The van der Waals surface area contributed by atoms with Crippen LogP contribution in [0.15, 0.2) is 51.8 Å². The van der Waals surface area contributed by atoms with Crippen molar-refractivity contribution in [3.63, 3.8) is 0 Å². The third-order valence-electron chi connectivity index (χ3n) is 5.69. The van der Waals surface area contributed by atoms with E-state index < -0.39 is 11.1 Å². The lowest BCUT2D eigenvalue weighted by atomic mass is 10.1. The molecule has 2 aromatic carbocycles. The van der Waals surface area contributed by atoms with E-state index in [0.29, 0.717) is 36.0 Å². The highest BCUT2D eigenvalue weighted by atomic mass is 79.9. The Labute approximate surface area is 216 Å². The van der Waals surface area contributed by atoms with Crippen LogP contribution in [0.1, 0.15) is 36.8 Å². The van der Waals surface area contributed by atoms with Gasteiger partial charge in [0.15, 0.2) is 0 Å². The second-order valence-corrected chi connectivity index (χ2v) is 10.5. The first kappa shape index (κ1) is 24.8. The molecule has 2 aliphatic heterocycles. The summed E-state index contributed by atoms with van der Waals surface area (Å²) in [5.41, 5.74) is 1.61. The van der Waals surface area contributed by atoms with E-state index in [2.05, 4.69) is 15.9 Å². The molecule has 4 rings (SSSR count). The van der Waals surface area contributed by atoms with Crippen LogP contribution in [0.4, 0.5) is 4.79 Å². The molecule has 9 heteroatoms. The Bertz CT molecular complexity index is 1110. The molecule has 0 N–H and O–H groups in total. The molecule has 34 heavy (non-hydrogen) atoms. The lowest BCUT2D eigenvalue weighted by Gasteiger charge is -2.22.